The van der Waals surface area contributed by atoms with E-state index in [1.54, 1.807) is 6.07 Å². The fourth-order valence-corrected chi connectivity index (χ4v) is 2.22. The van der Waals surface area contributed by atoms with Gasteiger partial charge in [-0.1, -0.05) is 45.2 Å². The topological polar surface area (TPSA) is 20.2 Å². The Balaban J connectivity index is 2.40. The third kappa shape index (κ3) is 3.88. The lowest BCUT2D eigenvalue weighted by Gasteiger charge is -2.11. The van der Waals surface area contributed by atoms with Crippen molar-refractivity contribution in [2.75, 3.05) is 0 Å². The van der Waals surface area contributed by atoms with Crippen molar-refractivity contribution in [1.82, 2.24) is 0 Å². The van der Waals surface area contributed by atoms with Gasteiger partial charge in [0.2, 0.25) is 0 Å². The highest BCUT2D eigenvalue weighted by molar-refractivity contribution is 5.37. The molecule has 1 unspecified atom stereocenters. The minimum Gasteiger partial charge on any atom is -0.508 e. The van der Waals surface area contributed by atoms with Gasteiger partial charge in [-0.15, -0.1) is 0 Å². The van der Waals surface area contributed by atoms with E-state index in [1.807, 2.05) is 13.0 Å². The third-order valence-electron chi connectivity index (χ3n) is 3.34. The number of hydrogen-bond donors (Lipinski definition) is 1. The van der Waals surface area contributed by atoms with E-state index in [4.69, 9.17) is 0 Å². The van der Waals surface area contributed by atoms with Gasteiger partial charge in [-0.05, 0) is 42.9 Å². The molecule has 90 valence electrons. The Labute approximate surface area is 99.5 Å². The Morgan fingerprint density at radius 2 is 2.00 bits per heavy atom. The molecule has 0 radical (unpaired) electrons. The van der Waals surface area contributed by atoms with E-state index in [-0.39, 0.29) is 0 Å². The van der Waals surface area contributed by atoms with Crippen molar-refractivity contribution >= 4 is 0 Å². The number of benzene rings is 1. The van der Waals surface area contributed by atoms with Gasteiger partial charge in [-0.2, -0.15) is 0 Å². The molecule has 0 fully saturated rings. The second kappa shape index (κ2) is 6.57. The van der Waals surface area contributed by atoms with E-state index in [9.17, 15) is 5.11 Å². The van der Waals surface area contributed by atoms with Crippen LogP contribution in [0, 0.1) is 12.8 Å². The number of phenols is 1. The van der Waals surface area contributed by atoms with Crippen LogP contribution in [0.5, 0.6) is 5.75 Å². The summed E-state index contributed by atoms with van der Waals surface area (Å²) < 4.78 is 0. The summed E-state index contributed by atoms with van der Waals surface area (Å²) in [5, 5.41) is 9.59. The number of rotatable bonds is 6. The first-order valence-corrected chi connectivity index (χ1v) is 6.42. The summed E-state index contributed by atoms with van der Waals surface area (Å²) in [5.41, 5.74) is 2.34. The number of aromatic hydroxyl groups is 1. The smallest absolute Gasteiger partial charge is 0.118 e. The summed E-state index contributed by atoms with van der Waals surface area (Å²) in [6.07, 6.45) is 6.23. The average Bonchev–Trinajstić information content (AvgIpc) is 2.25. The number of hydrogen-bond acceptors (Lipinski definition) is 1. The standard InChI is InChI=1S/C15H24O/c1-4-7-12(2)8-5-9-14-10-6-11-15(16)13(14)3/h6,10-12,16H,4-5,7-9H2,1-3H3. The summed E-state index contributed by atoms with van der Waals surface area (Å²) in [6, 6.07) is 5.82. The van der Waals surface area contributed by atoms with Gasteiger partial charge in [0.05, 0.1) is 0 Å². The molecule has 0 spiro atoms. The molecule has 1 aromatic rings. The quantitative estimate of drug-likeness (QED) is 0.750. The maximum absolute atomic E-state index is 9.59. The molecule has 1 nitrogen and oxygen atoms in total. The number of aryl methyl sites for hydroxylation is 1. The second-order valence-electron chi connectivity index (χ2n) is 4.85. The monoisotopic (exact) mass is 220 g/mol. The highest BCUT2D eigenvalue weighted by atomic mass is 16.3. The van der Waals surface area contributed by atoms with Crippen LogP contribution in [0.4, 0.5) is 0 Å². The van der Waals surface area contributed by atoms with E-state index in [2.05, 4.69) is 19.9 Å². The van der Waals surface area contributed by atoms with Crippen molar-refractivity contribution in [3.05, 3.63) is 29.3 Å². The maximum atomic E-state index is 9.59. The van der Waals surface area contributed by atoms with Crippen LogP contribution in [0.2, 0.25) is 0 Å². The Hall–Kier alpha value is -0.980. The molecular weight excluding hydrogens is 196 g/mol. The fourth-order valence-electron chi connectivity index (χ4n) is 2.22. The Morgan fingerprint density at radius 1 is 1.25 bits per heavy atom. The van der Waals surface area contributed by atoms with E-state index < -0.39 is 0 Å². The lowest BCUT2D eigenvalue weighted by molar-refractivity contribution is 0.463. The molecule has 0 bridgehead atoms. The minimum absolute atomic E-state index is 0.430. The molecule has 1 N–H and O–H groups in total. The average molecular weight is 220 g/mol. The van der Waals surface area contributed by atoms with E-state index in [0.29, 0.717) is 5.75 Å². The molecular formula is C15H24O. The van der Waals surface area contributed by atoms with Crippen LogP contribution >= 0.6 is 0 Å². The van der Waals surface area contributed by atoms with E-state index >= 15 is 0 Å². The first-order chi connectivity index (χ1) is 7.65. The van der Waals surface area contributed by atoms with Gasteiger partial charge < -0.3 is 5.11 Å². The third-order valence-corrected chi connectivity index (χ3v) is 3.34. The Morgan fingerprint density at radius 3 is 2.69 bits per heavy atom. The second-order valence-corrected chi connectivity index (χ2v) is 4.85. The first kappa shape index (κ1) is 13.1. The molecule has 1 atom stereocenters. The fraction of sp³-hybridized carbons (Fsp3) is 0.600. The van der Waals surface area contributed by atoms with Gasteiger partial charge in [0, 0.05) is 0 Å². The van der Waals surface area contributed by atoms with Crippen molar-refractivity contribution in [3.63, 3.8) is 0 Å². The van der Waals surface area contributed by atoms with Gasteiger partial charge in [0.25, 0.3) is 0 Å². The molecule has 16 heavy (non-hydrogen) atoms. The maximum Gasteiger partial charge on any atom is 0.118 e. The predicted molar refractivity (Wildman–Crippen MR) is 69.9 cm³/mol. The first-order valence-electron chi connectivity index (χ1n) is 6.42. The summed E-state index contributed by atoms with van der Waals surface area (Å²) in [4.78, 5) is 0. The van der Waals surface area contributed by atoms with Crippen LogP contribution in [-0.4, -0.2) is 5.11 Å². The van der Waals surface area contributed by atoms with Crippen LogP contribution in [0.15, 0.2) is 18.2 Å². The Bertz CT molecular complexity index is 317. The predicted octanol–water partition coefficient (Wildman–Crippen LogP) is 4.46. The van der Waals surface area contributed by atoms with Gasteiger partial charge in [0.15, 0.2) is 0 Å². The van der Waals surface area contributed by atoms with Crippen molar-refractivity contribution < 1.29 is 5.11 Å². The van der Waals surface area contributed by atoms with Crippen LogP contribution in [0.3, 0.4) is 0 Å². The normalized spacial score (nSPS) is 12.7. The van der Waals surface area contributed by atoms with Gasteiger partial charge in [-0.3, -0.25) is 0 Å². The van der Waals surface area contributed by atoms with Crippen LogP contribution in [0.25, 0.3) is 0 Å². The van der Waals surface area contributed by atoms with Crippen LogP contribution in [-0.2, 0) is 6.42 Å². The van der Waals surface area contributed by atoms with Crippen molar-refractivity contribution in [1.29, 1.82) is 0 Å². The van der Waals surface area contributed by atoms with Gasteiger partial charge in [0.1, 0.15) is 5.75 Å². The molecule has 0 heterocycles. The highest BCUT2D eigenvalue weighted by Crippen LogP contribution is 2.22. The van der Waals surface area contributed by atoms with Gasteiger partial charge in [-0.25, -0.2) is 0 Å². The molecule has 0 amide bonds. The van der Waals surface area contributed by atoms with E-state index in [0.717, 1.165) is 17.9 Å². The zero-order valence-corrected chi connectivity index (χ0v) is 10.8. The molecule has 1 aromatic carbocycles. The summed E-state index contributed by atoms with van der Waals surface area (Å²) >= 11 is 0. The van der Waals surface area contributed by atoms with Crippen molar-refractivity contribution in [3.8, 4) is 5.75 Å². The lowest BCUT2D eigenvalue weighted by Crippen LogP contribution is -1.96. The zero-order valence-electron chi connectivity index (χ0n) is 10.8. The molecule has 0 aliphatic carbocycles. The molecule has 0 aromatic heterocycles. The zero-order chi connectivity index (χ0) is 12.0. The van der Waals surface area contributed by atoms with Crippen molar-refractivity contribution in [2.45, 2.75) is 52.9 Å². The minimum atomic E-state index is 0.430. The Kier molecular flexibility index (Phi) is 5.37. The molecule has 0 saturated carbocycles. The summed E-state index contributed by atoms with van der Waals surface area (Å²) in [5.74, 6) is 1.27. The van der Waals surface area contributed by atoms with Crippen LogP contribution in [0.1, 0.15) is 50.7 Å². The largest absolute Gasteiger partial charge is 0.508 e. The molecule has 0 aliphatic rings. The highest BCUT2D eigenvalue weighted by Gasteiger charge is 2.04. The molecule has 1 heteroatoms. The molecule has 0 saturated heterocycles. The lowest BCUT2D eigenvalue weighted by atomic mass is 9.96. The molecule has 0 aliphatic heterocycles. The summed E-state index contributed by atoms with van der Waals surface area (Å²) in [7, 11) is 0. The SMILES string of the molecule is CCCC(C)CCCc1cccc(O)c1C. The van der Waals surface area contributed by atoms with Gasteiger partial charge >= 0.3 is 0 Å². The van der Waals surface area contributed by atoms with Crippen molar-refractivity contribution in [2.24, 2.45) is 5.92 Å². The number of phenolic OH excluding ortho intramolecular Hbond substituents is 1. The van der Waals surface area contributed by atoms with Crippen LogP contribution < -0.4 is 0 Å². The van der Waals surface area contributed by atoms with E-state index in [1.165, 1.54) is 31.2 Å². The summed E-state index contributed by atoms with van der Waals surface area (Å²) in [6.45, 7) is 6.58. The molecule has 1 rings (SSSR count).